The summed E-state index contributed by atoms with van der Waals surface area (Å²) in [6.45, 7) is 1.21. The zero-order valence-corrected chi connectivity index (χ0v) is 16.3. The molecule has 0 radical (unpaired) electrons. The molecule has 5 rings (SSSR count). The van der Waals surface area contributed by atoms with E-state index in [-0.39, 0.29) is 17.0 Å². The number of pyridine rings is 1. The molecule has 1 aromatic heterocycles. The molecule has 0 saturated carbocycles. The molecule has 0 amide bonds. The number of methoxy groups -OCH3 is 2. The summed E-state index contributed by atoms with van der Waals surface area (Å²) in [5.74, 6) is 3.18. The van der Waals surface area contributed by atoms with Crippen LogP contribution < -0.4 is 23.5 Å². The third-order valence-electron chi connectivity index (χ3n) is 5.00. The summed E-state index contributed by atoms with van der Waals surface area (Å²) < 4.78 is 24.4. The molecule has 2 aliphatic heterocycles. The molecule has 0 aliphatic carbocycles. The number of hydrogen-bond acceptors (Lipinski definition) is 4. The predicted octanol–water partition coefficient (Wildman–Crippen LogP) is 3.67. The average molecular weight is 417 g/mol. The second kappa shape index (κ2) is 6.36. The van der Waals surface area contributed by atoms with E-state index in [4.69, 9.17) is 18.9 Å². The van der Waals surface area contributed by atoms with Gasteiger partial charge in [0.1, 0.15) is 0 Å². The van der Waals surface area contributed by atoms with E-state index < -0.39 is 0 Å². The van der Waals surface area contributed by atoms with Crippen LogP contribution >= 0.6 is 17.0 Å². The number of aryl methyl sites for hydroxylation is 2. The number of halogens is 1. The molecule has 5 nitrogen and oxygen atoms in total. The number of benzene rings is 2. The first-order chi connectivity index (χ1) is 12.3. The summed E-state index contributed by atoms with van der Waals surface area (Å²) >= 11 is 0. The third-order valence-corrected chi connectivity index (χ3v) is 5.00. The van der Waals surface area contributed by atoms with Gasteiger partial charge in [-0.25, -0.2) is 0 Å². The molecule has 26 heavy (non-hydrogen) atoms. The molecule has 0 N–H and O–H groups in total. The molecule has 2 aliphatic rings. The minimum Gasteiger partial charge on any atom is -0.493 e. The number of rotatable bonds is 2. The van der Waals surface area contributed by atoms with Crippen molar-refractivity contribution in [1.29, 1.82) is 0 Å². The van der Waals surface area contributed by atoms with Crippen LogP contribution in [0.15, 0.2) is 36.5 Å². The number of nitrogens with zero attached hydrogens (tertiary/aromatic N) is 1. The molecular weight excluding hydrogens is 398 g/mol. The molecule has 0 saturated heterocycles. The van der Waals surface area contributed by atoms with Crippen LogP contribution in [0.25, 0.3) is 22.0 Å². The van der Waals surface area contributed by atoms with Crippen LogP contribution in [0.5, 0.6) is 23.0 Å². The predicted molar refractivity (Wildman–Crippen MR) is 103 cm³/mol. The fourth-order valence-electron chi connectivity index (χ4n) is 3.77. The minimum absolute atomic E-state index is 0. The Labute approximate surface area is 161 Å². The molecule has 2 aromatic carbocycles. The highest BCUT2D eigenvalue weighted by Crippen LogP contribution is 2.41. The van der Waals surface area contributed by atoms with Gasteiger partial charge in [-0.15, -0.1) is 17.0 Å². The Kier molecular flexibility index (Phi) is 4.15. The van der Waals surface area contributed by atoms with Gasteiger partial charge in [-0.3, -0.25) is 0 Å². The monoisotopic (exact) mass is 416 g/mol. The average Bonchev–Trinajstić information content (AvgIpc) is 3.11. The van der Waals surface area contributed by atoms with Crippen molar-refractivity contribution in [2.45, 2.75) is 13.0 Å². The molecule has 0 atom stereocenters. The van der Waals surface area contributed by atoms with Crippen LogP contribution in [-0.2, 0) is 13.0 Å². The van der Waals surface area contributed by atoms with Gasteiger partial charge in [-0.05, 0) is 35.2 Å². The molecule has 0 fully saturated rings. The van der Waals surface area contributed by atoms with E-state index in [1.165, 1.54) is 16.8 Å². The Morgan fingerprint density at radius 1 is 1.00 bits per heavy atom. The Morgan fingerprint density at radius 2 is 1.81 bits per heavy atom. The summed E-state index contributed by atoms with van der Waals surface area (Å²) in [6.07, 6.45) is 3.11. The maximum absolute atomic E-state index is 5.60. The summed E-state index contributed by atoms with van der Waals surface area (Å²) in [5.41, 5.74) is 3.68. The van der Waals surface area contributed by atoms with E-state index in [1.807, 2.05) is 6.07 Å². The SMILES string of the molecule is Br.COc1ccc2cc3[n+](cc2c1OC)CCc1cc2c(cc1-3)OCO2. The zero-order valence-electron chi connectivity index (χ0n) is 14.6. The Bertz CT molecular complexity index is 1020. The lowest BCUT2D eigenvalue weighted by molar-refractivity contribution is -0.686. The van der Waals surface area contributed by atoms with Crippen LogP contribution in [-0.4, -0.2) is 21.0 Å². The summed E-state index contributed by atoms with van der Waals surface area (Å²) in [5, 5.41) is 2.17. The highest BCUT2D eigenvalue weighted by Gasteiger charge is 2.28. The summed E-state index contributed by atoms with van der Waals surface area (Å²) in [4.78, 5) is 0. The maximum Gasteiger partial charge on any atom is 0.231 e. The number of ether oxygens (including phenoxy) is 4. The van der Waals surface area contributed by atoms with E-state index in [2.05, 4.69) is 35.0 Å². The molecule has 0 spiro atoms. The van der Waals surface area contributed by atoms with E-state index in [9.17, 15) is 0 Å². The quantitative estimate of drug-likeness (QED) is 0.597. The van der Waals surface area contributed by atoms with Crippen LogP contribution in [0.1, 0.15) is 5.56 Å². The van der Waals surface area contributed by atoms with Crippen molar-refractivity contribution in [3.8, 4) is 34.3 Å². The molecule has 3 heterocycles. The van der Waals surface area contributed by atoms with Crippen molar-refractivity contribution in [2.75, 3.05) is 21.0 Å². The van der Waals surface area contributed by atoms with Gasteiger partial charge in [-0.1, -0.05) is 0 Å². The normalized spacial score (nSPS) is 13.6. The van der Waals surface area contributed by atoms with Gasteiger partial charge in [0, 0.05) is 12.5 Å². The molecule has 0 bridgehead atoms. The zero-order chi connectivity index (χ0) is 17.0. The van der Waals surface area contributed by atoms with Gasteiger partial charge in [0.15, 0.2) is 35.7 Å². The van der Waals surface area contributed by atoms with Gasteiger partial charge in [0.05, 0.1) is 25.2 Å². The Balaban J connectivity index is 0.00000168. The van der Waals surface area contributed by atoms with Crippen LogP contribution in [0.2, 0.25) is 0 Å². The van der Waals surface area contributed by atoms with Gasteiger partial charge < -0.3 is 18.9 Å². The fraction of sp³-hybridized carbons (Fsp3) is 0.250. The molecule has 3 aromatic rings. The molecule has 6 heteroatoms. The first-order valence-corrected chi connectivity index (χ1v) is 8.29. The summed E-state index contributed by atoms with van der Waals surface area (Å²) in [6, 6.07) is 10.4. The third kappa shape index (κ3) is 2.40. The second-order valence-corrected chi connectivity index (χ2v) is 6.27. The van der Waals surface area contributed by atoms with Crippen LogP contribution in [0, 0.1) is 0 Å². The molecular formula is C20H19BrNO4+. The van der Waals surface area contributed by atoms with E-state index in [1.54, 1.807) is 14.2 Å². The minimum atomic E-state index is 0. The van der Waals surface area contributed by atoms with Gasteiger partial charge >= 0.3 is 0 Å². The maximum atomic E-state index is 5.60. The lowest BCUT2D eigenvalue weighted by Gasteiger charge is -2.17. The van der Waals surface area contributed by atoms with Crippen molar-refractivity contribution in [1.82, 2.24) is 0 Å². The number of aromatic nitrogens is 1. The lowest BCUT2D eigenvalue weighted by atomic mass is 9.95. The first kappa shape index (κ1) is 17.0. The largest absolute Gasteiger partial charge is 0.493 e. The molecule has 0 unspecified atom stereocenters. The van der Waals surface area contributed by atoms with Gasteiger partial charge in [0.25, 0.3) is 0 Å². The highest BCUT2D eigenvalue weighted by molar-refractivity contribution is 8.93. The first-order valence-electron chi connectivity index (χ1n) is 8.29. The van der Waals surface area contributed by atoms with E-state index >= 15 is 0 Å². The van der Waals surface area contributed by atoms with Crippen molar-refractivity contribution in [3.63, 3.8) is 0 Å². The lowest BCUT2D eigenvalue weighted by Crippen LogP contribution is -2.40. The Morgan fingerprint density at radius 3 is 2.58 bits per heavy atom. The standard InChI is InChI=1S/C20H18NO4.BrH/c1-22-17-4-3-12-7-16-14-9-19-18(24-11-25-19)8-13(14)5-6-21(16)10-15(12)20(17)23-2;/h3-4,7-10H,5-6,11H2,1-2H3;1H/q+1;. The van der Waals surface area contributed by atoms with Crippen molar-refractivity contribution >= 4 is 27.8 Å². The van der Waals surface area contributed by atoms with Gasteiger partial charge in [-0.2, -0.15) is 4.57 Å². The number of fused-ring (bicyclic) bond motifs is 5. The fourth-order valence-corrected chi connectivity index (χ4v) is 3.77. The van der Waals surface area contributed by atoms with E-state index in [0.29, 0.717) is 6.79 Å². The smallest absolute Gasteiger partial charge is 0.231 e. The van der Waals surface area contributed by atoms with Crippen molar-refractivity contribution in [2.24, 2.45) is 0 Å². The van der Waals surface area contributed by atoms with Crippen LogP contribution in [0.3, 0.4) is 0 Å². The van der Waals surface area contributed by atoms with E-state index in [0.717, 1.165) is 46.7 Å². The number of hydrogen-bond donors (Lipinski definition) is 0. The van der Waals surface area contributed by atoms with Crippen LogP contribution in [0.4, 0.5) is 0 Å². The topological polar surface area (TPSA) is 40.8 Å². The highest BCUT2D eigenvalue weighted by atomic mass is 79.9. The van der Waals surface area contributed by atoms with Crippen molar-refractivity contribution < 1.29 is 23.5 Å². The van der Waals surface area contributed by atoms with Crippen molar-refractivity contribution in [3.05, 3.63) is 42.1 Å². The molecule has 134 valence electrons. The summed E-state index contributed by atoms with van der Waals surface area (Å²) in [7, 11) is 3.34. The van der Waals surface area contributed by atoms with Gasteiger partial charge in [0.2, 0.25) is 12.5 Å². The second-order valence-electron chi connectivity index (χ2n) is 6.27. The Hall–Kier alpha value is -2.47.